The van der Waals surface area contributed by atoms with Crippen LogP contribution in [0, 0.1) is 11.8 Å². The van der Waals surface area contributed by atoms with Crippen LogP contribution in [0.5, 0.6) is 0 Å². The molecule has 0 spiro atoms. The first-order valence-corrected chi connectivity index (χ1v) is 6.76. The topological polar surface area (TPSA) is 92.9 Å². The molecule has 1 fully saturated rings. The van der Waals surface area contributed by atoms with Crippen molar-refractivity contribution in [1.29, 1.82) is 0 Å². The molecule has 4 N–H and O–H groups in total. The van der Waals surface area contributed by atoms with Crippen LogP contribution in [0.2, 0.25) is 0 Å². The summed E-state index contributed by atoms with van der Waals surface area (Å²) < 4.78 is 0. The summed E-state index contributed by atoms with van der Waals surface area (Å²) in [5, 5.41) is 2.92. The summed E-state index contributed by atoms with van der Waals surface area (Å²) in [7, 11) is 0. The van der Waals surface area contributed by atoms with Crippen molar-refractivity contribution >= 4 is 11.7 Å². The first-order chi connectivity index (χ1) is 9.19. The molecular weight excluding hydrogens is 242 g/mol. The van der Waals surface area contributed by atoms with E-state index in [1.165, 1.54) is 38.1 Å². The second kappa shape index (κ2) is 6.47. The number of amides is 1. The van der Waals surface area contributed by atoms with E-state index in [1.807, 2.05) is 0 Å². The maximum atomic E-state index is 11.9. The lowest BCUT2D eigenvalue weighted by Crippen LogP contribution is -2.31. The van der Waals surface area contributed by atoms with Gasteiger partial charge >= 0.3 is 0 Å². The van der Waals surface area contributed by atoms with E-state index >= 15 is 0 Å². The van der Waals surface area contributed by atoms with Crippen molar-refractivity contribution in [3.8, 4) is 0 Å². The van der Waals surface area contributed by atoms with E-state index in [2.05, 4.69) is 27.6 Å². The Kier molecular flexibility index (Phi) is 4.68. The molecule has 1 aliphatic rings. The summed E-state index contributed by atoms with van der Waals surface area (Å²) in [5.41, 5.74) is 2.67. The molecule has 0 aliphatic heterocycles. The number of carbonyl (C=O) groups is 1. The minimum absolute atomic E-state index is 0.191. The average molecular weight is 263 g/mol. The van der Waals surface area contributed by atoms with E-state index in [9.17, 15) is 4.79 Å². The molecule has 1 aromatic heterocycles. The maximum absolute atomic E-state index is 11.9. The number of anilines is 1. The molecule has 1 aromatic rings. The van der Waals surface area contributed by atoms with Gasteiger partial charge in [-0.3, -0.25) is 9.78 Å². The Hall–Kier alpha value is -1.69. The van der Waals surface area contributed by atoms with Crippen molar-refractivity contribution < 1.29 is 4.79 Å². The molecule has 1 amide bonds. The fraction of sp³-hybridized carbons (Fsp3) is 0.615. The Bertz CT molecular complexity index is 429. The van der Waals surface area contributed by atoms with Gasteiger partial charge in [0, 0.05) is 6.54 Å². The second-order valence-corrected chi connectivity index (χ2v) is 5.27. The molecule has 0 radical (unpaired) electrons. The lowest BCUT2D eigenvalue weighted by Gasteiger charge is -2.26. The van der Waals surface area contributed by atoms with E-state index in [0.717, 1.165) is 5.92 Å². The lowest BCUT2D eigenvalue weighted by atomic mass is 9.83. The number of rotatable bonds is 4. The number of nitrogens with two attached hydrogens (primary N) is 1. The molecule has 0 bridgehead atoms. The lowest BCUT2D eigenvalue weighted by molar-refractivity contribution is 0.0936. The van der Waals surface area contributed by atoms with Crippen LogP contribution in [0.15, 0.2) is 12.4 Å². The van der Waals surface area contributed by atoms with Crippen LogP contribution >= 0.6 is 0 Å². The number of carbonyl (C=O) groups excluding carboxylic acids is 1. The van der Waals surface area contributed by atoms with Gasteiger partial charge in [0.25, 0.3) is 5.91 Å². The molecule has 0 unspecified atom stereocenters. The zero-order valence-corrected chi connectivity index (χ0v) is 11.2. The van der Waals surface area contributed by atoms with Crippen molar-refractivity contribution in [2.75, 3.05) is 12.0 Å². The smallest absolute Gasteiger partial charge is 0.271 e. The van der Waals surface area contributed by atoms with Crippen molar-refractivity contribution in [2.24, 2.45) is 17.7 Å². The third-order valence-corrected chi connectivity index (χ3v) is 3.70. The minimum atomic E-state index is -0.191. The second-order valence-electron chi connectivity index (χ2n) is 5.27. The number of hydrogen-bond donors (Lipinski definition) is 3. The number of nitrogens with zero attached hydrogens (tertiary/aromatic N) is 2. The van der Waals surface area contributed by atoms with Crippen molar-refractivity contribution in [1.82, 2.24) is 15.3 Å². The van der Waals surface area contributed by atoms with Crippen LogP contribution in [0.4, 0.5) is 5.82 Å². The first-order valence-electron chi connectivity index (χ1n) is 6.76. The summed E-state index contributed by atoms with van der Waals surface area (Å²) in [6.07, 6.45) is 7.81. The quantitative estimate of drug-likeness (QED) is 0.562. The summed E-state index contributed by atoms with van der Waals surface area (Å²) in [6, 6.07) is 0. The molecule has 0 aromatic carbocycles. The zero-order valence-electron chi connectivity index (χ0n) is 11.2. The number of hydrazine groups is 1. The van der Waals surface area contributed by atoms with Gasteiger partial charge in [0.1, 0.15) is 5.69 Å². The van der Waals surface area contributed by atoms with E-state index in [0.29, 0.717) is 24.0 Å². The van der Waals surface area contributed by atoms with Crippen LogP contribution < -0.4 is 16.6 Å². The van der Waals surface area contributed by atoms with Crippen LogP contribution in [0.1, 0.15) is 43.1 Å². The highest BCUT2D eigenvalue weighted by atomic mass is 16.1. The van der Waals surface area contributed by atoms with Crippen molar-refractivity contribution in [2.45, 2.75) is 32.6 Å². The standard InChI is InChI=1S/C13H21N5O/c1-9-2-4-10(5-3-9)6-16-13(19)11-7-15-8-12(17-11)18-14/h7-10H,2-6,14H2,1H3,(H,16,19)(H,17,18). The summed E-state index contributed by atoms with van der Waals surface area (Å²) in [5.74, 6) is 6.85. The fourth-order valence-electron chi connectivity index (χ4n) is 2.41. The highest BCUT2D eigenvalue weighted by Crippen LogP contribution is 2.27. The van der Waals surface area contributed by atoms with Gasteiger partial charge in [0.05, 0.1) is 12.4 Å². The molecule has 19 heavy (non-hydrogen) atoms. The normalized spacial score (nSPS) is 22.8. The number of hydrogen-bond acceptors (Lipinski definition) is 5. The van der Waals surface area contributed by atoms with Gasteiger partial charge in [-0.1, -0.05) is 19.8 Å². The van der Waals surface area contributed by atoms with E-state index in [1.54, 1.807) is 0 Å². The molecule has 6 nitrogen and oxygen atoms in total. The third-order valence-electron chi connectivity index (χ3n) is 3.70. The Morgan fingerprint density at radius 2 is 2.11 bits per heavy atom. The Balaban J connectivity index is 1.83. The molecule has 0 atom stereocenters. The van der Waals surface area contributed by atoms with Crippen LogP contribution in [0.25, 0.3) is 0 Å². The van der Waals surface area contributed by atoms with E-state index in [-0.39, 0.29) is 5.91 Å². The van der Waals surface area contributed by atoms with Crippen LogP contribution in [-0.4, -0.2) is 22.4 Å². The molecule has 1 heterocycles. The minimum Gasteiger partial charge on any atom is -0.350 e. The van der Waals surface area contributed by atoms with Crippen LogP contribution in [-0.2, 0) is 0 Å². The zero-order chi connectivity index (χ0) is 13.7. The molecular formula is C13H21N5O. The van der Waals surface area contributed by atoms with Crippen molar-refractivity contribution in [3.63, 3.8) is 0 Å². The van der Waals surface area contributed by atoms with Crippen LogP contribution in [0.3, 0.4) is 0 Å². The fourth-order valence-corrected chi connectivity index (χ4v) is 2.41. The molecule has 1 saturated carbocycles. The first kappa shape index (κ1) is 13.7. The van der Waals surface area contributed by atoms with Crippen molar-refractivity contribution in [3.05, 3.63) is 18.1 Å². The highest BCUT2D eigenvalue weighted by Gasteiger charge is 2.19. The SMILES string of the molecule is CC1CCC(CNC(=O)c2cncc(NN)n2)CC1. The van der Waals surface area contributed by atoms with Gasteiger partial charge in [0.15, 0.2) is 5.82 Å². The van der Waals surface area contributed by atoms with Gasteiger partial charge in [-0.15, -0.1) is 0 Å². The van der Waals surface area contributed by atoms with Gasteiger partial charge in [-0.2, -0.15) is 0 Å². The summed E-state index contributed by atoms with van der Waals surface area (Å²) in [4.78, 5) is 19.9. The predicted molar refractivity (Wildman–Crippen MR) is 73.3 cm³/mol. The summed E-state index contributed by atoms with van der Waals surface area (Å²) >= 11 is 0. The molecule has 2 rings (SSSR count). The van der Waals surface area contributed by atoms with E-state index < -0.39 is 0 Å². The largest absolute Gasteiger partial charge is 0.350 e. The highest BCUT2D eigenvalue weighted by molar-refractivity contribution is 5.92. The summed E-state index contributed by atoms with van der Waals surface area (Å²) in [6.45, 7) is 3.00. The van der Waals surface area contributed by atoms with Gasteiger partial charge in [-0.25, -0.2) is 10.8 Å². The van der Waals surface area contributed by atoms with Gasteiger partial charge in [0.2, 0.25) is 0 Å². The molecule has 0 saturated heterocycles. The predicted octanol–water partition coefficient (Wildman–Crippen LogP) is 1.32. The Morgan fingerprint density at radius 3 is 2.79 bits per heavy atom. The maximum Gasteiger partial charge on any atom is 0.271 e. The number of nitrogens with one attached hydrogen (secondary N) is 2. The average Bonchev–Trinajstić information content (AvgIpc) is 2.46. The monoisotopic (exact) mass is 263 g/mol. The molecule has 6 heteroatoms. The Labute approximate surface area is 113 Å². The molecule has 104 valence electrons. The third kappa shape index (κ3) is 3.89. The van der Waals surface area contributed by atoms with E-state index in [4.69, 9.17) is 5.84 Å². The van der Waals surface area contributed by atoms with Gasteiger partial charge in [-0.05, 0) is 24.7 Å². The Morgan fingerprint density at radius 1 is 1.37 bits per heavy atom. The molecule has 1 aliphatic carbocycles. The number of nitrogen functional groups attached to an aromatic ring is 1. The van der Waals surface area contributed by atoms with Gasteiger partial charge < -0.3 is 10.7 Å². The number of aromatic nitrogens is 2.